The van der Waals surface area contributed by atoms with Crippen molar-refractivity contribution in [2.75, 3.05) is 0 Å². The first-order valence-corrected chi connectivity index (χ1v) is 7.68. The van der Waals surface area contributed by atoms with Gasteiger partial charge in [-0.1, -0.05) is 36.3 Å². The van der Waals surface area contributed by atoms with Crippen molar-refractivity contribution in [2.24, 2.45) is 0 Å². The Kier molecular flexibility index (Phi) is 2.97. The van der Waals surface area contributed by atoms with Gasteiger partial charge >= 0.3 is 6.03 Å². The van der Waals surface area contributed by atoms with Crippen LogP contribution in [-0.4, -0.2) is 27.0 Å². The number of amides is 3. The Morgan fingerprint density at radius 3 is 2.96 bits per heavy atom. The maximum Gasteiger partial charge on any atom is 0.325 e. The van der Waals surface area contributed by atoms with Gasteiger partial charge in [0.25, 0.3) is 5.91 Å². The molecule has 23 heavy (non-hydrogen) atoms. The van der Waals surface area contributed by atoms with Gasteiger partial charge < -0.3 is 9.84 Å². The molecule has 1 aromatic carbocycles. The average molecular weight is 312 g/mol. The van der Waals surface area contributed by atoms with Crippen LogP contribution in [0.3, 0.4) is 0 Å². The summed E-state index contributed by atoms with van der Waals surface area (Å²) in [6, 6.07) is 7.34. The lowest BCUT2D eigenvalue weighted by molar-refractivity contribution is -0.132. The number of imide groups is 1. The van der Waals surface area contributed by atoms with Crippen LogP contribution in [-0.2, 0) is 29.7 Å². The minimum absolute atomic E-state index is 0.0259. The van der Waals surface area contributed by atoms with E-state index in [9.17, 15) is 9.59 Å². The number of nitrogens with zero attached hydrogens (tertiary/aromatic N) is 3. The van der Waals surface area contributed by atoms with E-state index in [0.717, 1.165) is 17.5 Å². The molecule has 118 valence electrons. The summed E-state index contributed by atoms with van der Waals surface area (Å²) in [5.74, 6) is 0.594. The van der Waals surface area contributed by atoms with Crippen LogP contribution in [0.15, 0.2) is 28.8 Å². The van der Waals surface area contributed by atoms with Crippen molar-refractivity contribution in [3.63, 3.8) is 0 Å². The Bertz CT molecular complexity index is 800. The molecule has 3 amide bonds. The van der Waals surface area contributed by atoms with Crippen LogP contribution in [0.5, 0.6) is 0 Å². The minimum atomic E-state index is -0.939. The predicted molar refractivity (Wildman–Crippen MR) is 79.2 cm³/mol. The first-order valence-electron chi connectivity index (χ1n) is 7.68. The van der Waals surface area contributed by atoms with Crippen LogP contribution in [0.4, 0.5) is 4.79 Å². The second-order valence-corrected chi connectivity index (χ2v) is 5.84. The molecule has 1 aliphatic carbocycles. The lowest BCUT2D eigenvalue weighted by atomic mass is 9.92. The summed E-state index contributed by atoms with van der Waals surface area (Å²) in [5, 5.41) is 6.70. The molecule has 7 heteroatoms. The number of carbonyl (C=O) groups is 2. The number of aromatic nitrogens is 2. The van der Waals surface area contributed by atoms with Gasteiger partial charge in [0.05, 0.1) is 6.54 Å². The Labute approximate surface area is 132 Å². The number of urea groups is 1. The molecule has 1 spiro atoms. The summed E-state index contributed by atoms with van der Waals surface area (Å²) >= 11 is 0. The van der Waals surface area contributed by atoms with E-state index in [2.05, 4.69) is 15.5 Å². The topological polar surface area (TPSA) is 88.3 Å². The zero-order valence-corrected chi connectivity index (χ0v) is 12.7. The molecule has 1 aliphatic heterocycles. The van der Waals surface area contributed by atoms with Gasteiger partial charge in [-0.3, -0.25) is 9.69 Å². The summed E-state index contributed by atoms with van der Waals surface area (Å²) in [6.07, 6.45) is 1.97. The number of carbonyl (C=O) groups excluding carboxylic acids is 2. The molecule has 1 atom stereocenters. The van der Waals surface area contributed by atoms with Gasteiger partial charge in [-0.15, -0.1) is 0 Å². The van der Waals surface area contributed by atoms with Gasteiger partial charge in [0, 0.05) is 6.42 Å². The second kappa shape index (κ2) is 4.91. The molecule has 2 aromatic rings. The van der Waals surface area contributed by atoms with Gasteiger partial charge in [-0.2, -0.15) is 4.98 Å². The first-order chi connectivity index (χ1) is 11.1. The summed E-state index contributed by atoms with van der Waals surface area (Å²) in [7, 11) is 0. The highest BCUT2D eigenvalue weighted by Crippen LogP contribution is 2.41. The molecule has 1 fully saturated rings. The first kappa shape index (κ1) is 13.9. The van der Waals surface area contributed by atoms with Gasteiger partial charge in [0.1, 0.15) is 5.54 Å². The van der Waals surface area contributed by atoms with E-state index in [0.29, 0.717) is 24.6 Å². The molecule has 1 saturated heterocycles. The van der Waals surface area contributed by atoms with E-state index >= 15 is 0 Å². The fourth-order valence-corrected chi connectivity index (χ4v) is 3.37. The van der Waals surface area contributed by atoms with Crippen molar-refractivity contribution >= 4 is 11.9 Å². The molecular weight excluding hydrogens is 296 g/mol. The normalized spacial score (nSPS) is 22.7. The Hall–Kier alpha value is -2.70. The smallest absolute Gasteiger partial charge is 0.325 e. The zero-order valence-electron chi connectivity index (χ0n) is 12.7. The third kappa shape index (κ3) is 1.96. The third-order valence-corrected chi connectivity index (χ3v) is 4.53. The van der Waals surface area contributed by atoms with E-state index < -0.39 is 11.6 Å². The van der Waals surface area contributed by atoms with Gasteiger partial charge in [-0.05, 0) is 24.0 Å². The lowest BCUT2D eigenvalue weighted by Crippen LogP contribution is -2.41. The summed E-state index contributed by atoms with van der Waals surface area (Å²) in [4.78, 5) is 30.6. The van der Waals surface area contributed by atoms with Gasteiger partial charge in [-0.25, -0.2) is 4.79 Å². The largest absolute Gasteiger partial charge is 0.339 e. The predicted octanol–water partition coefficient (Wildman–Crippen LogP) is 1.53. The highest BCUT2D eigenvalue weighted by Gasteiger charge is 2.55. The van der Waals surface area contributed by atoms with Crippen LogP contribution >= 0.6 is 0 Å². The number of nitrogens with one attached hydrogen (secondary N) is 1. The van der Waals surface area contributed by atoms with Gasteiger partial charge in [0.15, 0.2) is 5.82 Å². The number of hydrogen-bond acceptors (Lipinski definition) is 5. The molecule has 0 radical (unpaired) electrons. The summed E-state index contributed by atoms with van der Waals surface area (Å²) < 4.78 is 5.04. The molecule has 0 bridgehead atoms. The lowest BCUT2D eigenvalue weighted by Gasteiger charge is -2.22. The van der Waals surface area contributed by atoms with Crippen molar-refractivity contribution in [3.05, 3.63) is 47.1 Å². The van der Waals surface area contributed by atoms with Gasteiger partial charge in [0.2, 0.25) is 5.89 Å². The van der Waals surface area contributed by atoms with E-state index in [-0.39, 0.29) is 12.5 Å². The standard InChI is InChI=1S/C16H16N4O3/c1-2-13-17-12(19-23-13)9-20-14(21)16(18-15(20)22)8-7-10-5-3-4-6-11(10)16/h3-6H,2,7-9H2,1H3,(H,18,22). The molecule has 0 saturated carbocycles. The number of aryl methyl sites for hydroxylation is 2. The Balaban J connectivity index is 1.65. The Morgan fingerprint density at radius 1 is 1.35 bits per heavy atom. The highest BCUT2D eigenvalue weighted by molar-refractivity contribution is 6.07. The maximum atomic E-state index is 12.9. The van der Waals surface area contributed by atoms with Crippen LogP contribution in [0.25, 0.3) is 0 Å². The second-order valence-electron chi connectivity index (χ2n) is 5.84. The van der Waals surface area contributed by atoms with Crippen LogP contribution < -0.4 is 5.32 Å². The van der Waals surface area contributed by atoms with E-state index in [4.69, 9.17) is 4.52 Å². The van der Waals surface area contributed by atoms with Crippen molar-refractivity contribution in [2.45, 2.75) is 38.3 Å². The van der Waals surface area contributed by atoms with Crippen LogP contribution in [0.1, 0.15) is 36.2 Å². The molecule has 2 heterocycles. The molecule has 1 unspecified atom stereocenters. The van der Waals surface area contributed by atoms with Crippen LogP contribution in [0, 0.1) is 0 Å². The molecule has 7 nitrogen and oxygen atoms in total. The monoisotopic (exact) mass is 312 g/mol. The van der Waals surface area contributed by atoms with E-state index in [1.807, 2.05) is 31.2 Å². The van der Waals surface area contributed by atoms with Crippen molar-refractivity contribution < 1.29 is 14.1 Å². The number of benzene rings is 1. The fraction of sp³-hybridized carbons (Fsp3) is 0.375. The fourth-order valence-electron chi connectivity index (χ4n) is 3.37. The van der Waals surface area contributed by atoms with E-state index in [1.165, 1.54) is 4.90 Å². The summed E-state index contributed by atoms with van der Waals surface area (Å²) in [5.41, 5.74) is 1.06. The SMILES string of the molecule is CCc1nc(CN2C(=O)NC3(CCc4ccccc43)C2=O)no1. The third-order valence-electron chi connectivity index (χ3n) is 4.53. The minimum Gasteiger partial charge on any atom is -0.339 e. The number of fused-ring (bicyclic) bond motifs is 2. The number of rotatable bonds is 3. The Morgan fingerprint density at radius 2 is 2.17 bits per heavy atom. The highest BCUT2D eigenvalue weighted by atomic mass is 16.5. The molecule has 4 rings (SSSR count). The summed E-state index contributed by atoms with van der Waals surface area (Å²) in [6.45, 7) is 1.92. The van der Waals surface area contributed by atoms with E-state index in [1.54, 1.807) is 0 Å². The molecular formula is C16H16N4O3. The van der Waals surface area contributed by atoms with Crippen molar-refractivity contribution in [1.29, 1.82) is 0 Å². The molecule has 1 aromatic heterocycles. The van der Waals surface area contributed by atoms with Crippen molar-refractivity contribution in [3.8, 4) is 0 Å². The quantitative estimate of drug-likeness (QED) is 0.868. The maximum absolute atomic E-state index is 12.9. The molecule has 1 N–H and O–H groups in total. The number of hydrogen-bond donors (Lipinski definition) is 1. The van der Waals surface area contributed by atoms with Crippen LogP contribution in [0.2, 0.25) is 0 Å². The zero-order chi connectivity index (χ0) is 16.0. The average Bonchev–Trinajstić information content (AvgIpc) is 3.23. The molecule has 2 aliphatic rings. The van der Waals surface area contributed by atoms with Crippen molar-refractivity contribution in [1.82, 2.24) is 20.4 Å².